The molecule has 1 unspecified atom stereocenters. The number of fused-ring (bicyclic) bond motifs is 1. The molecule has 1 atom stereocenters. The van der Waals surface area contributed by atoms with E-state index in [0.717, 1.165) is 36.2 Å². The Labute approximate surface area is 124 Å². The van der Waals surface area contributed by atoms with Crippen molar-refractivity contribution in [1.82, 2.24) is 15.6 Å². The Hall–Kier alpha value is -2.20. The molecule has 0 aliphatic carbocycles. The van der Waals surface area contributed by atoms with Gasteiger partial charge >= 0.3 is 0 Å². The number of benzene rings is 1. The lowest BCUT2D eigenvalue weighted by atomic mass is 9.97. The normalized spacial score (nSPS) is 15.1. The van der Waals surface area contributed by atoms with Gasteiger partial charge in [-0.3, -0.25) is 9.78 Å². The van der Waals surface area contributed by atoms with Gasteiger partial charge in [0.2, 0.25) is 0 Å². The first kappa shape index (κ1) is 13.8. The van der Waals surface area contributed by atoms with Crippen LogP contribution in [-0.4, -0.2) is 17.4 Å². The van der Waals surface area contributed by atoms with Crippen LogP contribution >= 0.6 is 0 Å². The monoisotopic (exact) mass is 281 g/mol. The fourth-order valence-corrected chi connectivity index (χ4v) is 2.71. The number of hydrogen-bond donors (Lipinski definition) is 2. The zero-order valence-electron chi connectivity index (χ0n) is 12.1. The van der Waals surface area contributed by atoms with Crippen molar-refractivity contribution in [2.75, 3.05) is 6.54 Å². The van der Waals surface area contributed by atoms with Crippen molar-refractivity contribution >= 4 is 5.91 Å². The fourth-order valence-electron chi connectivity index (χ4n) is 2.71. The zero-order chi connectivity index (χ0) is 14.7. The van der Waals surface area contributed by atoms with E-state index in [0.29, 0.717) is 5.56 Å². The maximum atomic E-state index is 12.5. The molecule has 2 aromatic rings. The second-order valence-corrected chi connectivity index (χ2v) is 5.36. The number of hydrogen-bond acceptors (Lipinski definition) is 3. The molecule has 1 aromatic heterocycles. The quantitative estimate of drug-likeness (QED) is 0.907. The van der Waals surface area contributed by atoms with Gasteiger partial charge in [-0.2, -0.15) is 0 Å². The maximum Gasteiger partial charge on any atom is 0.253 e. The van der Waals surface area contributed by atoms with E-state index in [1.807, 2.05) is 43.5 Å². The van der Waals surface area contributed by atoms with Gasteiger partial charge in [-0.05, 0) is 36.6 Å². The largest absolute Gasteiger partial charge is 0.345 e. The van der Waals surface area contributed by atoms with E-state index in [9.17, 15) is 4.79 Å². The number of amides is 1. The molecule has 1 amide bonds. The van der Waals surface area contributed by atoms with E-state index in [-0.39, 0.29) is 11.9 Å². The lowest BCUT2D eigenvalue weighted by Gasteiger charge is -2.20. The molecule has 0 radical (unpaired) electrons. The number of rotatable bonds is 3. The third-order valence-electron chi connectivity index (χ3n) is 3.91. The first-order chi connectivity index (χ1) is 10.3. The molecule has 1 aliphatic rings. The summed E-state index contributed by atoms with van der Waals surface area (Å²) in [6, 6.07) is 9.96. The molecule has 3 rings (SSSR count). The third kappa shape index (κ3) is 2.95. The van der Waals surface area contributed by atoms with Gasteiger partial charge in [-0.15, -0.1) is 0 Å². The standard InChI is InChI=1S/C17H19N3O/c1-12(13-5-3-2-4-6-13)20-17(21)16-11-19-10-14-9-18-8-7-15(14)16/h2-6,10-12,18H,7-9H2,1H3,(H,20,21). The minimum absolute atomic E-state index is 0.0173. The summed E-state index contributed by atoms with van der Waals surface area (Å²) in [5.41, 5.74) is 4.06. The average molecular weight is 281 g/mol. The molecule has 0 spiro atoms. The van der Waals surface area contributed by atoms with Gasteiger partial charge in [-0.25, -0.2) is 0 Å². The van der Waals surface area contributed by atoms with Gasteiger partial charge in [-0.1, -0.05) is 30.3 Å². The Balaban J connectivity index is 1.80. The molecule has 4 nitrogen and oxygen atoms in total. The summed E-state index contributed by atoms with van der Waals surface area (Å²) in [5.74, 6) is -0.0439. The van der Waals surface area contributed by atoms with E-state index in [1.165, 1.54) is 0 Å². The summed E-state index contributed by atoms with van der Waals surface area (Å²) in [6.07, 6.45) is 4.40. The second kappa shape index (κ2) is 6.06. The van der Waals surface area contributed by atoms with Gasteiger partial charge in [0.05, 0.1) is 11.6 Å². The van der Waals surface area contributed by atoms with Crippen LogP contribution in [0.4, 0.5) is 0 Å². The van der Waals surface area contributed by atoms with E-state index in [2.05, 4.69) is 15.6 Å². The first-order valence-electron chi connectivity index (χ1n) is 7.28. The Morgan fingerprint density at radius 3 is 2.90 bits per heavy atom. The predicted molar refractivity (Wildman–Crippen MR) is 82.0 cm³/mol. The van der Waals surface area contributed by atoms with Crippen LogP contribution in [0.3, 0.4) is 0 Å². The molecule has 108 valence electrons. The van der Waals surface area contributed by atoms with E-state index < -0.39 is 0 Å². The molecule has 1 aliphatic heterocycles. The number of aromatic nitrogens is 1. The summed E-state index contributed by atoms with van der Waals surface area (Å²) in [6.45, 7) is 3.70. The van der Waals surface area contributed by atoms with Gasteiger partial charge in [0.15, 0.2) is 0 Å². The van der Waals surface area contributed by atoms with Crippen molar-refractivity contribution in [3.05, 3.63) is 65.0 Å². The lowest BCUT2D eigenvalue weighted by Crippen LogP contribution is -2.31. The molecule has 21 heavy (non-hydrogen) atoms. The Kier molecular flexibility index (Phi) is 3.97. The summed E-state index contributed by atoms with van der Waals surface area (Å²) in [5, 5.41) is 6.37. The molecular weight excluding hydrogens is 262 g/mol. The first-order valence-corrected chi connectivity index (χ1v) is 7.28. The van der Waals surface area contributed by atoms with Gasteiger partial charge in [0.25, 0.3) is 5.91 Å². The van der Waals surface area contributed by atoms with Crippen LogP contribution in [0.5, 0.6) is 0 Å². The molecule has 0 saturated carbocycles. The van der Waals surface area contributed by atoms with Crippen molar-refractivity contribution in [1.29, 1.82) is 0 Å². The summed E-state index contributed by atoms with van der Waals surface area (Å²) in [7, 11) is 0. The Morgan fingerprint density at radius 2 is 2.10 bits per heavy atom. The highest BCUT2D eigenvalue weighted by Gasteiger charge is 2.19. The second-order valence-electron chi connectivity index (χ2n) is 5.36. The van der Waals surface area contributed by atoms with Crippen LogP contribution in [0.25, 0.3) is 0 Å². The minimum atomic E-state index is -0.0439. The van der Waals surface area contributed by atoms with Gasteiger partial charge in [0.1, 0.15) is 0 Å². The Bertz CT molecular complexity index is 640. The molecule has 4 heteroatoms. The minimum Gasteiger partial charge on any atom is -0.345 e. The zero-order valence-corrected chi connectivity index (χ0v) is 12.1. The summed E-state index contributed by atoms with van der Waals surface area (Å²) >= 11 is 0. The number of carbonyl (C=O) groups excluding carboxylic acids is 1. The summed E-state index contributed by atoms with van der Waals surface area (Å²) in [4.78, 5) is 16.7. The van der Waals surface area contributed by atoms with Crippen molar-refractivity contribution in [2.24, 2.45) is 0 Å². The highest BCUT2D eigenvalue weighted by molar-refractivity contribution is 5.96. The molecular formula is C17H19N3O. The van der Waals surface area contributed by atoms with Crippen molar-refractivity contribution < 1.29 is 4.79 Å². The van der Waals surface area contributed by atoms with Gasteiger partial charge < -0.3 is 10.6 Å². The smallest absolute Gasteiger partial charge is 0.253 e. The molecule has 2 heterocycles. The highest BCUT2D eigenvalue weighted by Crippen LogP contribution is 2.19. The van der Waals surface area contributed by atoms with E-state index in [1.54, 1.807) is 6.20 Å². The van der Waals surface area contributed by atoms with Crippen molar-refractivity contribution in [3.63, 3.8) is 0 Å². The number of pyridine rings is 1. The van der Waals surface area contributed by atoms with E-state index >= 15 is 0 Å². The van der Waals surface area contributed by atoms with Crippen LogP contribution in [0.1, 0.15) is 40.0 Å². The molecule has 1 aromatic carbocycles. The number of carbonyl (C=O) groups is 1. The van der Waals surface area contributed by atoms with E-state index in [4.69, 9.17) is 0 Å². The van der Waals surface area contributed by atoms with Crippen LogP contribution < -0.4 is 10.6 Å². The maximum absolute atomic E-state index is 12.5. The molecule has 0 saturated heterocycles. The van der Waals surface area contributed by atoms with Crippen molar-refractivity contribution in [3.8, 4) is 0 Å². The predicted octanol–water partition coefficient (Wildman–Crippen LogP) is 2.22. The van der Waals surface area contributed by atoms with Crippen LogP contribution in [0.15, 0.2) is 42.7 Å². The highest BCUT2D eigenvalue weighted by atomic mass is 16.1. The topological polar surface area (TPSA) is 54.0 Å². The van der Waals surface area contributed by atoms with Crippen molar-refractivity contribution in [2.45, 2.75) is 25.9 Å². The van der Waals surface area contributed by atoms with Crippen LogP contribution in [0.2, 0.25) is 0 Å². The Morgan fingerprint density at radius 1 is 1.29 bits per heavy atom. The van der Waals surface area contributed by atoms with Gasteiger partial charge in [0, 0.05) is 18.9 Å². The third-order valence-corrected chi connectivity index (χ3v) is 3.91. The summed E-state index contributed by atoms with van der Waals surface area (Å²) < 4.78 is 0. The number of nitrogens with zero attached hydrogens (tertiary/aromatic N) is 1. The molecule has 0 bridgehead atoms. The lowest BCUT2D eigenvalue weighted by molar-refractivity contribution is 0.0938. The number of nitrogens with one attached hydrogen (secondary N) is 2. The molecule has 2 N–H and O–H groups in total. The van der Waals surface area contributed by atoms with Crippen LogP contribution in [-0.2, 0) is 13.0 Å². The van der Waals surface area contributed by atoms with Crippen LogP contribution in [0, 0.1) is 0 Å². The molecule has 0 fully saturated rings. The average Bonchev–Trinajstić information content (AvgIpc) is 2.55. The SMILES string of the molecule is CC(NC(=O)c1cncc2c1CCNC2)c1ccccc1. The fraction of sp³-hybridized carbons (Fsp3) is 0.294.